The quantitative estimate of drug-likeness (QED) is 0.570. The van der Waals surface area contributed by atoms with Gasteiger partial charge in [0.2, 0.25) is 0 Å². The molecule has 0 aliphatic rings. The van der Waals surface area contributed by atoms with Crippen LogP contribution in [-0.2, 0) is 0 Å². The van der Waals surface area contributed by atoms with Crippen LogP contribution in [0.5, 0.6) is 5.75 Å². The number of benzene rings is 3. The molecule has 0 unspecified atom stereocenters. The van der Waals surface area contributed by atoms with Crippen LogP contribution in [0.4, 0.5) is 5.69 Å². The second-order valence-electron chi connectivity index (χ2n) is 6.94. The Hall–Kier alpha value is -3.86. The largest absolute Gasteiger partial charge is 0.506 e. The number of aromatic nitrogens is 2. The molecular weight excluding hydrogens is 362 g/mol. The van der Waals surface area contributed by atoms with E-state index in [4.69, 9.17) is 0 Å². The fraction of sp³-hybridized carbons (Fsp3) is 0.0833. The van der Waals surface area contributed by atoms with Crippen molar-refractivity contribution in [1.82, 2.24) is 9.55 Å². The smallest absolute Gasteiger partial charge is 0.266 e. The zero-order valence-electron chi connectivity index (χ0n) is 16.3. The lowest BCUT2D eigenvalue weighted by Crippen LogP contribution is -2.22. The molecule has 0 aliphatic heterocycles. The molecule has 0 saturated carbocycles. The summed E-state index contributed by atoms with van der Waals surface area (Å²) < 4.78 is 1.45. The molecule has 0 radical (unpaired) electrons. The number of phenolic OH excluding ortho intramolecular Hbond substituents is 1. The van der Waals surface area contributed by atoms with Crippen LogP contribution in [0, 0.1) is 0 Å². The third kappa shape index (κ3) is 3.62. The van der Waals surface area contributed by atoms with Crippen LogP contribution < -0.4 is 10.5 Å². The van der Waals surface area contributed by atoms with Gasteiger partial charge in [0.25, 0.3) is 5.56 Å². The highest BCUT2D eigenvalue weighted by Crippen LogP contribution is 2.23. The highest BCUT2D eigenvalue weighted by molar-refractivity contribution is 5.80. The number of fused-ring (bicyclic) bond motifs is 1. The fourth-order valence-electron chi connectivity index (χ4n) is 3.20. The highest BCUT2D eigenvalue weighted by Gasteiger charge is 2.13. The maximum atomic E-state index is 13.2. The summed E-state index contributed by atoms with van der Waals surface area (Å²) in [5.41, 5.74) is 2.89. The van der Waals surface area contributed by atoms with Gasteiger partial charge in [0.1, 0.15) is 11.6 Å². The molecule has 0 spiro atoms. The predicted molar refractivity (Wildman–Crippen MR) is 119 cm³/mol. The molecule has 0 saturated heterocycles. The maximum Gasteiger partial charge on any atom is 0.266 e. The molecule has 1 heterocycles. The van der Waals surface area contributed by atoms with E-state index in [1.54, 1.807) is 36.4 Å². The molecule has 0 bridgehead atoms. The van der Waals surface area contributed by atoms with Gasteiger partial charge < -0.3 is 10.0 Å². The third-order valence-electron chi connectivity index (χ3n) is 4.76. The van der Waals surface area contributed by atoms with E-state index in [9.17, 15) is 9.90 Å². The predicted octanol–water partition coefficient (Wildman–Crippen LogP) is 4.33. The zero-order chi connectivity index (χ0) is 20.4. The molecule has 3 aromatic carbocycles. The first-order valence-corrected chi connectivity index (χ1v) is 9.30. The number of rotatable bonds is 4. The Labute approximate surface area is 168 Å². The van der Waals surface area contributed by atoms with Gasteiger partial charge in [-0.1, -0.05) is 42.5 Å². The Morgan fingerprint density at radius 1 is 0.897 bits per heavy atom. The summed E-state index contributed by atoms with van der Waals surface area (Å²) in [4.78, 5) is 19.9. The lowest BCUT2D eigenvalue weighted by Gasteiger charge is -2.13. The van der Waals surface area contributed by atoms with E-state index >= 15 is 0 Å². The van der Waals surface area contributed by atoms with Gasteiger partial charge in [0.05, 0.1) is 16.6 Å². The molecule has 4 rings (SSSR count). The van der Waals surface area contributed by atoms with Crippen LogP contribution in [0.1, 0.15) is 11.4 Å². The second kappa shape index (κ2) is 7.64. The van der Waals surface area contributed by atoms with E-state index in [1.165, 1.54) is 4.57 Å². The number of aromatic hydroxyl groups is 1. The minimum atomic E-state index is -0.222. The molecule has 5 nitrogen and oxygen atoms in total. The number of hydrogen-bond acceptors (Lipinski definition) is 4. The molecular formula is C24H21N3O2. The summed E-state index contributed by atoms with van der Waals surface area (Å²) in [7, 11) is 3.99. The van der Waals surface area contributed by atoms with E-state index < -0.39 is 0 Å². The number of para-hydroxylation sites is 3. The normalized spacial score (nSPS) is 11.2. The molecule has 0 atom stereocenters. The van der Waals surface area contributed by atoms with Crippen molar-refractivity contribution in [2.75, 3.05) is 19.0 Å². The summed E-state index contributed by atoms with van der Waals surface area (Å²) in [6, 6.07) is 22.1. The van der Waals surface area contributed by atoms with Crippen LogP contribution in [-0.4, -0.2) is 28.8 Å². The topological polar surface area (TPSA) is 58.4 Å². The average molecular weight is 383 g/mol. The summed E-state index contributed by atoms with van der Waals surface area (Å²) in [6.45, 7) is 0. The van der Waals surface area contributed by atoms with Crippen molar-refractivity contribution in [2.24, 2.45) is 0 Å². The Kier molecular flexibility index (Phi) is 4.87. The van der Waals surface area contributed by atoms with Crippen LogP contribution in [0.3, 0.4) is 0 Å². The fourth-order valence-corrected chi connectivity index (χ4v) is 3.20. The monoisotopic (exact) mass is 383 g/mol. The number of nitrogens with zero attached hydrogens (tertiary/aromatic N) is 3. The maximum absolute atomic E-state index is 13.2. The Balaban J connectivity index is 1.88. The summed E-state index contributed by atoms with van der Waals surface area (Å²) in [6.07, 6.45) is 3.71. The van der Waals surface area contributed by atoms with Crippen molar-refractivity contribution >= 4 is 28.7 Å². The van der Waals surface area contributed by atoms with Crippen LogP contribution in [0.15, 0.2) is 77.6 Å². The second-order valence-corrected chi connectivity index (χ2v) is 6.94. The molecule has 0 aliphatic carbocycles. The zero-order valence-corrected chi connectivity index (χ0v) is 16.3. The Bertz CT molecular complexity index is 1260. The van der Waals surface area contributed by atoms with Gasteiger partial charge in [-0.15, -0.1) is 0 Å². The van der Waals surface area contributed by atoms with E-state index in [-0.39, 0.29) is 11.3 Å². The van der Waals surface area contributed by atoms with Crippen molar-refractivity contribution in [3.05, 3.63) is 94.5 Å². The van der Waals surface area contributed by atoms with Gasteiger partial charge in [-0.3, -0.25) is 9.36 Å². The summed E-state index contributed by atoms with van der Waals surface area (Å²) >= 11 is 0. The van der Waals surface area contributed by atoms with Crippen molar-refractivity contribution < 1.29 is 5.11 Å². The number of hydrogen-bond donors (Lipinski definition) is 1. The molecule has 4 aromatic rings. The molecule has 1 aromatic heterocycles. The first kappa shape index (κ1) is 18.5. The minimum Gasteiger partial charge on any atom is -0.506 e. The van der Waals surface area contributed by atoms with Gasteiger partial charge in [-0.25, -0.2) is 4.98 Å². The van der Waals surface area contributed by atoms with E-state index in [0.29, 0.717) is 22.4 Å². The number of phenols is 1. The van der Waals surface area contributed by atoms with Gasteiger partial charge in [-0.2, -0.15) is 0 Å². The average Bonchev–Trinajstić information content (AvgIpc) is 2.73. The lowest BCUT2D eigenvalue weighted by molar-refractivity contribution is 0.471. The number of anilines is 1. The van der Waals surface area contributed by atoms with Crippen molar-refractivity contribution in [3.8, 4) is 11.4 Å². The molecule has 144 valence electrons. The van der Waals surface area contributed by atoms with Gasteiger partial charge in [-0.05, 0) is 48.0 Å². The van der Waals surface area contributed by atoms with Crippen molar-refractivity contribution in [1.29, 1.82) is 0 Å². The van der Waals surface area contributed by atoms with Gasteiger partial charge >= 0.3 is 0 Å². The lowest BCUT2D eigenvalue weighted by atomic mass is 10.1. The van der Waals surface area contributed by atoms with E-state index in [2.05, 4.69) is 4.98 Å². The van der Waals surface area contributed by atoms with Crippen LogP contribution >= 0.6 is 0 Å². The van der Waals surface area contributed by atoms with Crippen molar-refractivity contribution in [2.45, 2.75) is 0 Å². The van der Waals surface area contributed by atoms with Gasteiger partial charge in [0, 0.05) is 19.8 Å². The summed E-state index contributed by atoms with van der Waals surface area (Å²) in [5.74, 6) is 0.476. The van der Waals surface area contributed by atoms with E-state index in [1.807, 2.05) is 67.5 Å². The third-order valence-corrected chi connectivity index (χ3v) is 4.76. The van der Waals surface area contributed by atoms with Crippen LogP contribution in [0.2, 0.25) is 0 Å². The molecule has 1 N–H and O–H groups in total. The van der Waals surface area contributed by atoms with E-state index in [0.717, 1.165) is 11.3 Å². The van der Waals surface area contributed by atoms with Gasteiger partial charge in [0.15, 0.2) is 0 Å². The molecule has 0 fully saturated rings. The minimum absolute atomic E-state index is 0.0247. The first-order valence-electron chi connectivity index (χ1n) is 9.30. The Morgan fingerprint density at radius 3 is 2.31 bits per heavy atom. The molecule has 29 heavy (non-hydrogen) atoms. The Morgan fingerprint density at radius 2 is 1.59 bits per heavy atom. The summed E-state index contributed by atoms with van der Waals surface area (Å²) in [5, 5.41) is 10.8. The highest BCUT2D eigenvalue weighted by atomic mass is 16.3. The van der Waals surface area contributed by atoms with Crippen molar-refractivity contribution in [3.63, 3.8) is 0 Å². The molecule has 5 heteroatoms. The first-order chi connectivity index (χ1) is 14.0. The SMILES string of the molecule is CN(C)c1ccc(C=Cc2nc3ccccc3c(=O)n2-c2ccccc2O)cc1. The molecule has 0 amide bonds. The van der Waals surface area contributed by atoms with Crippen LogP contribution in [0.25, 0.3) is 28.7 Å². The standard InChI is InChI=1S/C24H21N3O2/c1-26(2)18-14-11-17(12-15-18)13-16-23-25-20-8-4-3-7-19(20)24(29)27(23)21-9-5-6-10-22(21)28/h3-16,28H,1-2H3.